The fourth-order valence-electron chi connectivity index (χ4n) is 2.13. The third kappa shape index (κ3) is 3.80. The maximum atomic E-state index is 11.3. The molecule has 0 aromatic rings. The zero-order valence-corrected chi connectivity index (χ0v) is 9.04. The lowest BCUT2D eigenvalue weighted by molar-refractivity contribution is -0.120. The van der Waals surface area contributed by atoms with E-state index in [4.69, 9.17) is 0 Å². The summed E-state index contributed by atoms with van der Waals surface area (Å²) in [5, 5.41) is 15.4. The molecule has 3 N–H and O–H groups in total. The van der Waals surface area contributed by atoms with Crippen molar-refractivity contribution in [3.63, 3.8) is 0 Å². The number of amides is 1. The fourth-order valence-corrected chi connectivity index (χ4v) is 2.13. The highest BCUT2D eigenvalue weighted by Gasteiger charge is 2.24. The molecule has 2 unspecified atom stereocenters. The third-order valence-electron chi connectivity index (χ3n) is 3.17. The Morgan fingerprint density at radius 3 is 2.67 bits per heavy atom. The SMILES string of the molecule is O=C(CNCC1CCC(O)C1)NC1CC1. The number of hydrogen-bond donors (Lipinski definition) is 3. The number of carbonyl (C=O) groups excluding carboxylic acids is 1. The van der Waals surface area contributed by atoms with E-state index < -0.39 is 0 Å². The van der Waals surface area contributed by atoms with Gasteiger partial charge in [0.15, 0.2) is 0 Å². The minimum Gasteiger partial charge on any atom is -0.393 e. The Hall–Kier alpha value is -0.610. The number of hydrogen-bond acceptors (Lipinski definition) is 3. The first-order valence-electron chi connectivity index (χ1n) is 5.92. The molecule has 86 valence electrons. The van der Waals surface area contributed by atoms with Crippen molar-refractivity contribution in [2.75, 3.05) is 13.1 Å². The quantitative estimate of drug-likeness (QED) is 0.602. The van der Waals surface area contributed by atoms with Gasteiger partial charge in [0.1, 0.15) is 0 Å². The van der Waals surface area contributed by atoms with Crippen LogP contribution in [0.4, 0.5) is 0 Å². The van der Waals surface area contributed by atoms with E-state index in [2.05, 4.69) is 10.6 Å². The van der Waals surface area contributed by atoms with Gasteiger partial charge in [-0.1, -0.05) is 0 Å². The summed E-state index contributed by atoms with van der Waals surface area (Å²) in [7, 11) is 0. The summed E-state index contributed by atoms with van der Waals surface area (Å²) in [6.45, 7) is 1.28. The molecule has 0 aliphatic heterocycles. The maximum absolute atomic E-state index is 11.3. The highest BCUT2D eigenvalue weighted by Crippen LogP contribution is 2.24. The lowest BCUT2D eigenvalue weighted by atomic mass is 10.1. The van der Waals surface area contributed by atoms with Crippen molar-refractivity contribution in [3.05, 3.63) is 0 Å². The Morgan fingerprint density at radius 2 is 2.07 bits per heavy atom. The second-order valence-corrected chi connectivity index (χ2v) is 4.81. The minimum atomic E-state index is -0.114. The number of aliphatic hydroxyl groups is 1. The predicted molar refractivity (Wildman–Crippen MR) is 57.4 cm³/mol. The Balaban J connectivity index is 1.52. The highest BCUT2D eigenvalue weighted by molar-refractivity contribution is 5.78. The van der Waals surface area contributed by atoms with E-state index in [-0.39, 0.29) is 12.0 Å². The lowest BCUT2D eigenvalue weighted by Crippen LogP contribution is -2.36. The van der Waals surface area contributed by atoms with Gasteiger partial charge in [-0.3, -0.25) is 4.79 Å². The molecule has 0 aromatic heterocycles. The molecule has 4 nitrogen and oxygen atoms in total. The second-order valence-electron chi connectivity index (χ2n) is 4.81. The van der Waals surface area contributed by atoms with Crippen molar-refractivity contribution in [1.82, 2.24) is 10.6 Å². The van der Waals surface area contributed by atoms with Gasteiger partial charge in [0.05, 0.1) is 12.6 Å². The Kier molecular flexibility index (Phi) is 3.59. The summed E-state index contributed by atoms with van der Waals surface area (Å²) in [5.74, 6) is 0.657. The number of rotatable bonds is 5. The van der Waals surface area contributed by atoms with Crippen LogP contribution in [0.25, 0.3) is 0 Å². The summed E-state index contributed by atoms with van der Waals surface area (Å²) >= 11 is 0. The Bertz CT molecular complexity index is 229. The van der Waals surface area contributed by atoms with E-state index in [1.807, 2.05) is 0 Å². The van der Waals surface area contributed by atoms with Gasteiger partial charge in [0.2, 0.25) is 5.91 Å². The van der Waals surface area contributed by atoms with Gasteiger partial charge in [-0.15, -0.1) is 0 Å². The molecule has 2 aliphatic rings. The summed E-state index contributed by atoms with van der Waals surface area (Å²) in [6, 6.07) is 0.451. The summed E-state index contributed by atoms with van der Waals surface area (Å²) < 4.78 is 0. The Morgan fingerprint density at radius 1 is 1.27 bits per heavy atom. The largest absolute Gasteiger partial charge is 0.393 e. The molecule has 0 spiro atoms. The normalized spacial score (nSPS) is 30.5. The average molecular weight is 212 g/mol. The molecule has 0 aromatic carbocycles. The molecule has 15 heavy (non-hydrogen) atoms. The van der Waals surface area contributed by atoms with Crippen molar-refractivity contribution < 1.29 is 9.90 Å². The van der Waals surface area contributed by atoms with Crippen molar-refractivity contribution >= 4 is 5.91 Å². The van der Waals surface area contributed by atoms with Crippen LogP contribution in [0.2, 0.25) is 0 Å². The van der Waals surface area contributed by atoms with Gasteiger partial charge in [-0.2, -0.15) is 0 Å². The highest BCUT2D eigenvalue weighted by atomic mass is 16.3. The molecule has 0 saturated heterocycles. The van der Waals surface area contributed by atoms with Gasteiger partial charge in [-0.05, 0) is 44.6 Å². The van der Waals surface area contributed by atoms with Gasteiger partial charge in [0, 0.05) is 6.04 Å². The fraction of sp³-hybridized carbons (Fsp3) is 0.909. The molecule has 2 rings (SSSR count). The summed E-state index contributed by atoms with van der Waals surface area (Å²) in [5.41, 5.74) is 0. The van der Waals surface area contributed by atoms with Crippen LogP contribution in [0.15, 0.2) is 0 Å². The van der Waals surface area contributed by atoms with Crippen LogP contribution in [-0.2, 0) is 4.79 Å². The van der Waals surface area contributed by atoms with Crippen LogP contribution in [0.5, 0.6) is 0 Å². The van der Waals surface area contributed by atoms with E-state index in [9.17, 15) is 9.90 Å². The molecular formula is C11H20N2O2. The molecule has 0 heterocycles. The zero-order chi connectivity index (χ0) is 10.7. The van der Waals surface area contributed by atoms with E-state index in [0.29, 0.717) is 18.5 Å². The average Bonchev–Trinajstić information content (AvgIpc) is 2.89. The first kappa shape index (κ1) is 10.9. The predicted octanol–water partition coefficient (Wildman–Crippen LogP) is 0.0156. The first-order valence-corrected chi connectivity index (χ1v) is 5.92. The van der Waals surface area contributed by atoms with Crippen LogP contribution in [0.3, 0.4) is 0 Å². The molecule has 0 bridgehead atoms. The molecule has 1 amide bonds. The van der Waals surface area contributed by atoms with E-state index in [1.54, 1.807) is 0 Å². The molecule has 2 saturated carbocycles. The van der Waals surface area contributed by atoms with Gasteiger partial charge in [0.25, 0.3) is 0 Å². The van der Waals surface area contributed by atoms with E-state index in [0.717, 1.165) is 38.6 Å². The maximum Gasteiger partial charge on any atom is 0.234 e. The third-order valence-corrected chi connectivity index (χ3v) is 3.17. The smallest absolute Gasteiger partial charge is 0.234 e. The first-order chi connectivity index (χ1) is 7.24. The monoisotopic (exact) mass is 212 g/mol. The second kappa shape index (κ2) is 4.94. The molecule has 2 fully saturated rings. The van der Waals surface area contributed by atoms with Crippen molar-refractivity contribution in [1.29, 1.82) is 0 Å². The van der Waals surface area contributed by atoms with Crippen LogP contribution in [-0.4, -0.2) is 36.2 Å². The number of nitrogens with one attached hydrogen (secondary N) is 2. The summed E-state index contributed by atoms with van der Waals surface area (Å²) in [6.07, 6.45) is 5.05. The lowest BCUT2D eigenvalue weighted by Gasteiger charge is -2.10. The molecule has 4 heteroatoms. The molecule has 2 aliphatic carbocycles. The van der Waals surface area contributed by atoms with E-state index in [1.165, 1.54) is 0 Å². The number of aliphatic hydroxyl groups excluding tert-OH is 1. The van der Waals surface area contributed by atoms with Crippen molar-refractivity contribution in [2.24, 2.45) is 5.92 Å². The molecule has 2 atom stereocenters. The van der Waals surface area contributed by atoms with Crippen LogP contribution >= 0.6 is 0 Å². The van der Waals surface area contributed by atoms with Crippen LogP contribution < -0.4 is 10.6 Å². The standard InChI is InChI=1S/C11H20N2O2/c14-10-4-1-8(5-10)6-12-7-11(15)13-9-2-3-9/h8-10,12,14H,1-7H2,(H,13,15). The minimum absolute atomic E-state index is 0.107. The van der Waals surface area contributed by atoms with E-state index >= 15 is 0 Å². The van der Waals surface area contributed by atoms with Gasteiger partial charge >= 0.3 is 0 Å². The molecular weight excluding hydrogens is 192 g/mol. The van der Waals surface area contributed by atoms with Gasteiger partial charge < -0.3 is 15.7 Å². The van der Waals surface area contributed by atoms with Crippen molar-refractivity contribution in [3.8, 4) is 0 Å². The molecule has 0 radical (unpaired) electrons. The van der Waals surface area contributed by atoms with Crippen molar-refractivity contribution in [2.45, 2.75) is 44.2 Å². The Labute approximate surface area is 90.4 Å². The zero-order valence-electron chi connectivity index (χ0n) is 9.04. The van der Waals surface area contributed by atoms with Gasteiger partial charge in [-0.25, -0.2) is 0 Å². The van der Waals surface area contributed by atoms with Crippen LogP contribution in [0, 0.1) is 5.92 Å². The summed E-state index contributed by atoms with van der Waals surface area (Å²) in [4.78, 5) is 11.3. The topological polar surface area (TPSA) is 61.4 Å². The van der Waals surface area contributed by atoms with Crippen LogP contribution in [0.1, 0.15) is 32.1 Å². The number of carbonyl (C=O) groups is 1.